The highest BCUT2D eigenvalue weighted by Crippen LogP contribution is 2.20. The molecular weight excluding hydrogens is 296 g/mol. The van der Waals surface area contributed by atoms with Crippen LogP contribution in [0.15, 0.2) is 35.4 Å². The first kappa shape index (κ1) is 14.9. The van der Waals surface area contributed by atoms with Crippen molar-refractivity contribution in [3.8, 4) is 0 Å². The number of nitrogens with one attached hydrogen (secondary N) is 2. The highest BCUT2D eigenvalue weighted by molar-refractivity contribution is 7.92. The molecule has 0 spiro atoms. The zero-order valence-electron chi connectivity index (χ0n) is 11.2. The van der Waals surface area contributed by atoms with E-state index >= 15 is 0 Å². The first-order valence-corrected chi connectivity index (χ1v) is 7.51. The van der Waals surface area contributed by atoms with Crippen molar-refractivity contribution in [3.05, 3.63) is 36.0 Å². The van der Waals surface area contributed by atoms with Crippen LogP contribution in [0.2, 0.25) is 0 Å². The Morgan fingerprint density at radius 3 is 2.86 bits per heavy atom. The molecule has 0 atom stereocenters. The summed E-state index contributed by atoms with van der Waals surface area (Å²) >= 11 is 0. The fourth-order valence-electron chi connectivity index (χ4n) is 1.63. The van der Waals surface area contributed by atoms with E-state index in [1.54, 1.807) is 13.0 Å². The van der Waals surface area contributed by atoms with Crippen molar-refractivity contribution in [2.75, 3.05) is 17.1 Å². The molecule has 0 saturated carbocycles. The van der Waals surface area contributed by atoms with Crippen LogP contribution in [0.3, 0.4) is 0 Å². The second kappa shape index (κ2) is 5.83. The van der Waals surface area contributed by atoms with Gasteiger partial charge in [0.2, 0.25) is 0 Å². The van der Waals surface area contributed by atoms with Crippen molar-refractivity contribution in [1.82, 2.24) is 10.2 Å². The average molecular weight is 310 g/mol. The maximum atomic E-state index is 12.1. The summed E-state index contributed by atoms with van der Waals surface area (Å²) in [6, 6.07) is 5.97. The van der Waals surface area contributed by atoms with E-state index < -0.39 is 16.0 Å². The second-order valence-electron chi connectivity index (χ2n) is 4.05. The summed E-state index contributed by atoms with van der Waals surface area (Å²) < 4.78 is 31.4. The van der Waals surface area contributed by atoms with Gasteiger partial charge in [-0.1, -0.05) is 6.07 Å². The summed E-state index contributed by atoms with van der Waals surface area (Å²) in [4.78, 5) is 11.4. The van der Waals surface area contributed by atoms with E-state index in [-0.39, 0.29) is 28.6 Å². The third kappa shape index (κ3) is 3.31. The van der Waals surface area contributed by atoms with Crippen LogP contribution in [-0.4, -0.2) is 31.2 Å². The van der Waals surface area contributed by atoms with Crippen molar-refractivity contribution >= 4 is 27.5 Å². The van der Waals surface area contributed by atoms with Gasteiger partial charge in [-0.2, -0.15) is 5.10 Å². The van der Waals surface area contributed by atoms with Gasteiger partial charge in [-0.05, 0) is 25.1 Å². The van der Waals surface area contributed by atoms with E-state index in [4.69, 9.17) is 10.5 Å². The molecule has 112 valence electrons. The summed E-state index contributed by atoms with van der Waals surface area (Å²) in [5, 5.41) is 5.90. The van der Waals surface area contributed by atoms with E-state index in [0.717, 1.165) is 6.20 Å². The number of hydrogen-bond acceptors (Lipinski definition) is 6. The van der Waals surface area contributed by atoms with Crippen LogP contribution in [0.25, 0.3) is 0 Å². The van der Waals surface area contributed by atoms with Crippen molar-refractivity contribution in [2.45, 2.75) is 11.8 Å². The Hall–Kier alpha value is -2.55. The summed E-state index contributed by atoms with van der Waals surface area (Å²) in [5.74, 6) is -0.592. The molecule has 2 rings (SSSR count). The molecule has 0 fully saturated rings. The lowest BCUT2D eigenvalue weighted by atomic mass is 10.2. The lowest BCUT2D eigenvalue weighted by Gasteiger charge is -2.08. The number of nitrogens with zero attached hydrogens (tertiary/aromatic N) is 1. The van der Waals surface area contributed by atoms with Crippen LogP contribution in [0.4, 0.5) is 11.5 Å². The van der Waals surface area contributed by atoms with Crippen LogP contribution >= 0.6 is 0 Å². The molecule has 8 nitrogen and oxygen atoms in total. The third-order valence-corrected chi connectivity index (χ3v) is 3.96. The molecule has 1 heterocycles. The Bertz CT molecular complexity index is 754. The molecule has 1 aromatic carbocycles. The van der Waals surface area contributed by atoms with Gasteiger partial charge in [0.1, 0.15) is 10.7 Å². The highest BCUT2D eigenvalue weighted by atomic mass is 32.2. The van der Waals surface area contributed by atoms with Gasteiger partial charge in [0.05, 0.1) is 18.4 Å². The van der Waals surface area contributed by atoms with Crippen molar-refractivity contribution < 1.29 is 17.9 Å². The molecule has 21 heavy (non-hydrogen) atoms. The average Bonchev–Trinajstić information content (AvgIpc) is 2.86. The molecule has 2 aromatic rings. The van der Waals surface area contributed by atoms with Crippen molar-refractivity contribution in [3.63, 3.8) is 0 Å². The van der Waals surface area contributed by atoms with Crippen LogP contribution in [-0.2, 0) is 14.8 Å². The van der Waals surface area contributed by atoms with Gasteiger partial charge < -0.3 is 10.5 Å². The number of nitrogen functional groups attached to an aromatic ring is 1. The number of hydrogen-bond donors (Lipinski definition) is 3. The lowest BCUT2D eigenvalue weighted by Crippen LogP contribution is -2.14. The minimum atomic E-state index is -3.88. The van der Waals surface area contributed by atoms with Crippen LogP contribution in [0, 0.1) is 0 Å². The second-order valence-corrected chi connectivity index (χ2v) is 5.71. The van der Waals surface area contributed by atoms with Crippen LogP contribution < -0.4 is 10.5 Å². The van der Waals surface area contributed by atoms with Gasteiger partial charge in [-0.15, -0.1) is 0 Å². The molecule has 0 radical (unpaired) electrons. The van der Waals surface area contributed by atoms with Crippen LogP contribution in [0.1, 0.15) is 17.3 Å². The Balaban J connectivity index is 2.26. The first-order valence-electron chi connectivity index (χ1n) is 6.03. The van der Waals surface area contributed by atoms with Crippen LogP contribution in [0.5, 0.6) is 0 Å². The molecule has 0 aliphatic heterocycles. The van der Waals surface area contributed by atoms with Crippen molar-refractivity contribution in [1.29, 1.82) is 0 Å². The monoisotopic (exact) mass is 310 g/mol. The summed E-state index contributed by atoms with van der Waals surface area (Å²) in [6.07, 6.45) is 1.10. The largest absolute Gasteiger partial charge is 0.462 e. The highest BCUT2D eigenvalue weighted by Gasteiger charge is 2.20. The number of carbonyl (C=O) groups is 1. The number of rotatable bonds is 5. The number of aromatic amines is 1. The lowest BCUT2D eigenvalue weighted by molar-refractivity contribution is 0.0526. The summed E-state index contributed by atoms with van der Waals surface area (Å²) in [6.45, 7) is 1.92. The topological polar surface area (TPSA) is 127 Å². The SMILES string of the molecule is CCOC(=O)c1cccc(NS(=O)(=O)c2cn[nH]c2N)c1. The molecule has 0 saturated heterocycles. The Labute approximate surface area is 121 Å². The predicted octanol–water partition coefficient (Wildman–Crippen LogP) is 0.969. The zero-order valence-corrected chi connectivity index (χ0v) is 12.0. The molecule has 1 aromatic heterocycles. The Morgan fingerprint density at radius 2 is 2.24 bits per heavy atom. The number of sulfonamides is 1. The van der Waals surface area contributed by atoms with Gasteiger partial charge in [0.25, 0.3) is 10.0 Å². The molecule has 0 aliphatic carbocycles. The Kier molecular flexibility index (Phi) is 4.13. The van der Waals surface area contributed by atoms with E-state index in [1.165, 1.54) is 18.2 Å². The van der Waals surface area contributed by atoms with Gasteiger partial charge in [0.15, 0.2) is 0 Å². The number of nitrogens with two attached hydrogens (primary N) is 1. The van der Waals surface area contributed by atoms with E-state index in [0.29, 0.717) is 0 Å². The maximum Gasteiger partial charge on any atom is 0.338 e. The fraction of sp³-hybridized carbons (Fsp3) is 0.167. The fourth-order valence-corrected chi connectivity index (χ4v) is 2.71. The van der Waals surface area contributed by atoms with Gasteiger partial charge in [-0.25, -0.2) is 13.2 Å². The number of carbonyl (C=O) groups excluding carboxylic acids is 1. The molecule has 0 unspecified atom stereocenters. The van der Waals surface area contributed by atoms with E-state index in [2.05, 4.69) is 14.9 Å². The number of H-pyrrole nitrogens is 1. The maximum absolute atomic E-state index is 12.1. The molecule has 0 amide bonds. The first-order chi connectivity index (χ1) is 9.94. The van der Waals surface area contributed by atoms with E-state index in [9.17, 15) is 13.2 Å². The third-order valence-electron chi connectivity index (χ3n) is 2.55. The standard InChI is InChI=1S/C12H14N4O4S/c1-2-20-12(17)8-4-3-5-9(6-8)16-21(18,19)10-7-14-15-11(10)13/h3-7,16H,2H2,1H3,(H3,13,14,15). The number of anilines is 2. The smallest absolute Gasteiger partial charge is 0.338 e. The number of benzene rings is 1. The van der Waals surface area contributed by atoms with Gasteiger partial charge >= 0.3 is 5.97 Å². The zero-order chi connectivity index (χ0) is 15.5. The normalized spacial score (nSPS) is 11.1. The van der Waals surface area contributed by atoms with Gasteiger partial charge in [-0.3, -0.25) is 9.82 Å². The quantitative estimate of drug-likeness (QED) is 0.706. The molecule has 9 heteroatoms. The van der Waals surface area contributed by atoms with Crippen molar-refractivity contribution in [2.24, 2.45) is 0 Å². The summed E-state index contributed by atoms with van der Waals surface area (Å²) in [7, 11) is -3.88. The molecular formula is C12H14N4O4S. The molecule has 0 bridgehead atoms. The molecule has 0 aliphatic rings. The van der Waals surface area contributed by atoms with E-state index in [1.807, 2.05) is 0 Å². The Morgan fingerprint density at radius 1 is 1.48 bits per heavy atom. The summed E-state index contributed by atoms with van der Waals surface area (Å²) in [5.41, 5.74) is 5.96. The molecule has 4 N–H and O–H groups in total. The minimum Gasteiger partial charge on any atom is -0.462 e. The number of esters is 1. The number of ether oxygens (including phenoxy) is 1. The predicted molar refractivity (Wildman–Crippen MR) is 76.2 cm³/mol. The minimum absolute atomic E-state index is 0.0657. The van der Waals surface area contributed by atoms with Gasteiger partial charge in [0, 0.05) is 5.69 Å². The number of aromatic nitrogens is 2.